The molecule has 3 atom stereocenters. The number of carboxylic acid groups (broad SMARTS) is 1. The number of rotatable bonds is 6. The van der Waals surface area contributed by atoms with Crippen molar-refractivity contribution in [2.45, 2.75) is 38.8 Å². The topological polar surface area (TPSA) is 92.4 Å². The van der Waals surface area contributed by atoms with E-state index in [0.29, 0.717) is 0 Å². The van der Waals surface area contributed by atoms with Gasteiger partial charge in [-0.15, -0.1) is 12.3 Å². The second kappa shape index (κ2) is 6.85. The molecule has 16 heavy (non-hydrogen) atoms. The maximum Gasteiger partial charge on any atom is 0.327 e. The van der Waals surface area contributed by atoms with E-state index in [4.69, 9.17) is 17.3 Å². The maximum absolute atomic E-state index is 11.6. The third kappa shape index (κ3) is 4.32. The zero-order chi connectivity index (χ0) is 12.7. The molecule has 0 fully saturated rings. The van der Waals surface area contributed by atoms with Crippen LogP contribution in [0.1, 0.15) is 26.7 Å². The van der Waals surface area contributed by atoms with Crippen molar-refractivity contribution in [2.75, 3.05) is 0 Å². The van der Waals surface area contributed by atoms with Crippen molar-refractivity contribution in [1.82, 2.24) is 5.32 Å². The molecule has 0 rings (SSSR count). The molecule has 0 saturated carbocycles. The molecule has 0 radical (unpaired) electrons. The molecular weight excluding hydrogens is 208 g/mol. The molecular formula is C11H18N2O3. The van der Waals surface area contributed by atoms with E-state index >= 15 is 0 Å². The van der Waals surface area contributed by atoms with Crippen molar-refractivity contribution < 1.29 is 14.7 Å². The van der Waals surface area contributed by atoms with Gasteiger partial charge in [0, 0.05) is 6.42 Å². The van der Waals surface area contributed by atoms with Gasteiger partial charge in [-0.2, -0.15) is 0 Å². The molecule has 0 spiro atoms. The highest BCUT2D eigenvalue weighted by Crippen LogP contribution is 2.05. The minimum atomic E-state index is -1.15. The van der Waals surface area contributed by atoms with Gasteiger partial charge in [-0.1, -0.05) is 20.3 Å². The van der Waals surface area contributed by atoms with Gasteiger partial charge < -0.3 is 16.2 Å². The van der Waals surface area contributed by atoms with Crippen LogP contribution in [-0.2, 0) is 9.59 Å². The number of carboxylic acids is 1. The normalized spacial score (nSPS) is 15.6. The summed E-state index contributed by atoms with van der Waals surface area (Å²) in [6.07, 6.45) is 5.71. The van der Waals surface area contributed by atoms with E-state index in [1.807, 2.05) is 13.8 Å². The number of hydrogen-bond acceptors (Lipinski definition) is 3. The number of amides is 1. The second-order valence-electron chi connectivity index (χ2n) is 3.72. The van der Waals surface area contributed by atoms with Crippen LogP contribution in [0.2, 0.25) is 0 Å². The van der Waals surface area contributed by atoms with Gasteiger partial charge in [-0.3, -0.25) is 4.79 Å². The molecule has 0 aromatic rings. The Balaban J connectivity index is 4.41. The van der Waals surface area contributed by atoms with Gasteiger partial charge in [0.25, 0.3) is 0 Å². The van der Waals surface area contributed by atoms with Crippen molar-refractivity contribution in [2.24, 2.45) is 11.7 Å². The van der Waals surface area contributed by atoms with E-state index in [9.17, 15) is 9.59 Å². The quantitative estimate of drug-likeness (QED) is 0.554. The lowest BCUT2D eigenvalue weighted by molar-refractivity contribution is -0.142. The number of hydrogen-bond donors (Lipinski definition) is 3. The molecule has 0 aromatic carbocycles. The Hall–Kier alpha value is -1.54. The van der Waals surface area contributed by atoms with Crippen molar-refractivity contribution in [3.05, 3.63) is 0 Å². The summed E-state index contributed by atoms with van der Waals surface area (Å²) in [5, 5.41) is 11.1. The van der Waals surface area contributed by atoms with Crippen LogP contribution in [-0.4, -0.2) is 29.1 Å². The molecule has 90 valence electrons. The smallest absolute Gasteiger partial charge is 0.327 e. The van der Waals surface area contributed by atoms with E-state index < -0.39 is 24.0 Å². The van der Waals surface area contributed by atoms with E-state index in [1.54, 1.807) is 0 Å². The van der Waals surface area contributed by atoms with Gasteiger partial charge in [0.05, 0.1) is 6.04 Å². The van der Waals surface area contributed by atoms with Crippen LogP contribution in [0.15, 0.2) is 0 Å². The largest absolute Gasteiger partial charge is 0.480 e. The molecule has 0 heterocycles. The van der Waals surface area contributed by atoms with Crippen molar-refractivity contribution in [1.29, 1.82) is 0 Å². The Bertz CT molecular complexity index is 296. The Morgan fingerprint density at radius 2 is 2.12 bits per heavy atom. The van der Waals surface area contributed by atoms with Gasteiger partial charge in [0.1, 0.15) is 6.04 Å². The Morgan fingerprint density at radius 3 is 2.50 bits per heavy atom. The van der Waals surface area contributed by atoms with E-state index in [-0.39, 0.29) is 12.3 Å². The Labute approximate surface area is 95.4 Å². The summed E-state index contributed by atoms with van der Waals surface area (Å²) < 4.78 is 0. The van der Waals surface area contributed by atoms with Gasteiger partial charge >= 0.3 is 5.97 Å². The number of aliphatic carboxylic acids is 1. The summed E-state index contributed by atoms with van der Waals surface area (Å²) in [6, 6.07) is -1.77. The SMILES string of the molecule is C#CCC(NC(=O)C(N)C(C)CC)C(=O)O. The summed E-state index contributed by atoms with van der Waals surface area (Å²) >= 11 is 0. The summed E-state index contributed by atoms with van der Waals surface area (Å²) in [5.41, 5.74) is 5.66. The zero-order valence-corrected chi connectivity index (χ0v) is 9.56. The molecule has 0 aliphatic heterocycles. The van der Waals surface area contributed by atoms with Crippen LogP contribution < -0.4 is 11.1 Å². The van der Waals surface area contributed by atoms with Crippen molar-refractivity contribution in [3.8, 4) is 12.3 Å². The number of terminal acetylenes is 1. The summed E-state index contributed by atoms with van der Waals surface area (Å²) in [5.74, 6) is 0.575. The van der Waals surface area contributed by atoms with E-state index in [2.05, 4.69) is 11.2 Å². The predicted molar refractivity (Wildman–Crippen MR) is 60.4 cm³/mol. The van der Waals surface area contributed by atoms with Crippen LogP contribution in [0.4, 0.5) is 0 Å². The molecule has 5 heteroatoms. The molecule has 0 bridgehead atoms. The van der Waals surface area contributed by atoms with Gasteiger partial charge in [-0.25, -0.2) is 4.79 Å². The lowest BCUT2D eigenvalue weighted by Crippen LogP contribution is -2.50. The van der Waals surface area contributed by atoms with Gasteiger partial charge in [0.15, 0.2) is 0 Å². The number of carbonyl (C=O) groups excluding carboxylic acids is 1. The van der Waals surface area contributed by atoms with Gasteiger partial charge in [0.2, 0.25) is 5.91 Å². The van der Waals surface area contributed by atoms with Gasteiger partial charge in [-0.05, 0) is 5.92 Å². The first kappa shape index (κ1) is 14.5. The highest BCUT2D eigenvalue weighted by molar-refractivity contribution is 5.87. The Morgan fingerprint density at radius 1 is 1.56 bits per heavy atom. The summed E-state index contributed by atoms with van der Waals surface area (Å²) in [6.45, 7) is 3.75. The molecule has 3 unspecified atom stereocenters. The molecule has 1 amide bonds. The third-order valence-electron chi connectivity index (χ3n) is 2.50. The minimum Gasteiger partial charge on any atom is -0.480 e. The average molecular weight is 226 g/mol. The molecule has 0 aromatic heterocycles. The van der Waals surface area contributed by atoms with Crippen LogP contribution >= 0.6 is 0 Å². The molecule has 4 N–H and O–H groups in total. The average Bonchev–Trinajstić information content (AvgIpc) is 2.25. The summed E-state index contributed by atoms with van der Waals surface area (Å²) in [4.78, 5) is 22.3. The lowest BCUT2D eigenvalue weighted by Gasteiger charge is -2.20. The molecule has 0 aliphatic carbocycles. The molecule has 0 saturated heterocycles. The van der Waals surface area contributed by atoms with E-state index in [0.717, 1.165) is 6.42 Å². The van der Waals surface area contributed by atoms with Crippen LogP contribution in [0, 0.1) is 18.3 Å². The maximum atomic E-state index is 11.6. The van der Waals surface area contributed by atoms with Crippen LogP contribution in [0.3, 0.4) is 0 Å². The van der Waals surface area contributed by atoms with Crippen LogP contribution in [0.25, 0.3) is 0 Å². The number of nitrogens with one attached hydrogen (secondary N) is 1. The fourth-order valence-corrected chi connectivity index (χ4v) is 1.10. The standard InChI is InChI=1S/C11H18N2O3/c1-4-6-8(11(15)16)13-10(14)9(12)7(3)5-2/h1,7-9H,5-6,12H2,2-3H3,(H,13,14)(H,15,16). The fraction of sp³-hybridized carbons (Fsp3) is 0.636. The van der Waals surface area contributed by atoms with Crippen molar-refractivity contribution >= 4 is 11.9 Å². The lowest BCUT2D eigenvalue weighted by atomic mass is 9.99. The van der Waals surface area contributed by atoms with E-state index in [1.165, 1.54) is 0 Å². The second-order valence-corrected chi connectivity index (χ2v) is 3.72. The number of carbonyl (C=O) groups is 2. The zero-order valence-electron chi connectivity index (χ0n) is 9.56. The first-order chi connectivity index (χ1) is 7.43. The summed E-state index contributed by atoms with van der Waals surface area (Å²) in [7, 11) is 0. The highest BCUT2D eigenvalue weighted by Gasteiger charge is 2.24. The molecule has 0 aliphatic rings. The third-order valence-corrected chi connectivity index (χ3v) is 2.50. The monoisotopic (exact) mass is 226 g/mol. The predicted octanol–water partition coefficient (Wildman–Crippen LogP) is -0.0475. The molecule has 5 nitrogen and oxygen atoms in total. The van der Waals surface area contributed by atoms with Crippen molar-refractivity contribution in [3.63, 3.8) is 0 Å². The van der Waals surface area contributed by atoms with Crippen LogP contribution in [0.5, 0.6) is 0 Å². The Kier molecular flexibility index (Phi) is 6.19. The minimum absolute atomic E-state index is 0.000260. The first-order valence-corrected chi connectivity index (χ1v) is 5.16. The first-order valence-electron chi connectivity index (χ1n) is 5.16. The highest BCUT2D eigenvalue weighted by atomic mass is 16.4. The number of nitrogens with two attached hydrogens (primary N) is 1. The fourth-order valence-electron chi connectivity index (χ4n) is 1.10.